The second-order valence-corrected chi connectivity index (χ2v) is 14.0. The second-order valence-electron chi connectivity index (χ2n) is 14.0. The summed E-state index contributed by atoms with van der Waals surface area (Å²) in [4.78, 5) is 0. The number of hydrogen-bond acceptors (Lipinski definition) is 2. The van der Waals surface area contributed by atoms with Crippen LogP contribution in [0.2, 0.25) is 0 Å². The van der Waals surface area contributed by atoms with Gasteiger partial charge in [-0.05, 0) is 90.0 Å². The van der Waals surface area contributed by atoms with Crippen LogP contribution in [-0.2, 0) is 0 Å². The fourth-order valence-corrected chi connectivity index (χ4v) is 8.80. The SMILES string of the molecule is N#Cc1ccc2c(c1)c1c(-n3c4ccccc4c4ccccc43)cccc1n2-c1ccc(-c2cccc(-n3c4ccccc4c4ccccc43)c2)c(C#N)c1. The van der Waals surface area contributed by atoms with Crippen molar-refractivity contribution in [3.05, 3.63) is 187 Å². The fourth-order valence-electron chi connectivity index (χ4n) is 8.80. The lowest BCUT2D eigenvalue weighted by Gasteiger charge is -2.14. The normalized spacial score (nSPS) is 11.6. The number of benzene rings is 8. The minimum absolute atomic E-state index is 0.582. The van der Waals surface area contributed by atoms with Gasteiger partial charge in [0.05, 0.1) is 62.1 Å². The molecule has 0 fully saturated rings. The van der Waals surface area contributed by atoms with Gasteiger partial charge in [0.2, 0.25) is 0 Å². The molecule has 0 spiro atoms. The average Bonchev–Trinajstić information content (AvgIpc) is 3.89. The molecule has 11 aromatic rings. The van der Waals surface area contributed by atoms with Gasteiger partial charge in [-0.25, -0.2) is 0 Å². The number of hydrogen-bond donors (Lipinski definition) is 0. The highest BCUT2D eigenvalue weighted by atomic mass is 15.0. The van der Waals surface area contributed by atoms with E-state index < -0.39 is 0 Å². The third kappa shape index (κ3) is 4.45. The molecule has 0 amide bonds. The van der Waals surface area contributed by atoms with E-state index in [-0.39, 0.29) is 0 Å². The Morgan fingerprint density at radius 2 is 0.891 bits per heavy atom. The van der Waals surface area contributed by atoms with Crippen LogP contribution in [0.4, 0.5) is 0 Å². The summed E-state index contributed by atoms with van der Waals surface area (Å²) < 4.78 is 6.86. The van der Waals surface area contributed by atoms with Crippen LogP contribution in [0.1, 0.15) is 11.1 Å². The average molecular weight is 700 g/mol. The summed E-state index contributed by atoms with van der Waals surface area (Å²) in [5.41, 5.74) is 12.4. The summed E-state index contributed by atoms with van der Waals surface area (Å²) in [5.74, 6) is 0. The maximum atomic E-state index is 10.7. The Morgan fingerprint density at radius 1 is 0.364 bits per heavy atom. The second kappa shape index (κ2) is 11.8. The summed E-state index contributed by atoms with van der Waals surface area (Å²) in [6.45, 7) is 0. The molecule has 5 nitrogen and oxygen atoms in total. The zero-order chi connectivity index (χ0) is 36.6. The Morgan fingerprint density at radius 3 is 1.51 bits per heavy atom. The van der Waals surface area contributed by atoms with Crippen molar-refractivity contribution in [3.8, 4) is 40.3 Å². The molecule has 254 valence electrons. The number of fused-ring (bicyclic) bond motifs is 9. The van der Waals surface area contributed by atoms with Gasteiger partial charge in [-0.3, -0.25) is 0 Å². The van der Waals surface area contributed by atoms with Crippen LogP contribution in [0.25, 0.3) is 93.6 Å². The van der Waals surface area contributed by atoms with Gasteiger partial charge in [-0.1, -0.05) is 97.1 Å². The monoisotopic (exact) mass is 699 g/mol. The molecule has 11 rings (SSSR count). The van der Waals surface area contributed by atoms with E-state index in [2.05, 4.69) is 177 Å². The van der Waals surface area contributed by atoms with Crippen molar-refractivity contribution >= 4 is 65.4 Å². The van der Waals surface area contributed by atoms with Crippen molar-refractivity contribution < 1.29 is 0 Å². The lowest BCUT2D eigenvalue weighted by molar-refractivity contribution is 1.17. The predicted molar refractivity (Wildman–Crippen MR) is 224 cm³/mol. The van der Waals surface area contributed by atoms with Crippen LogP contribution in [0.3, 0.4) is 0 Å². The molecule has 0 atom stereocenters. The van der Waals surface area contributed by atoms with Gasteiger partial charge in [-0.15, -0.1) is 0 Å². The molecular weight excluding hydrogens is 671 g/mol. The van der Waals surface area contributed by atoms with E-state index in [1.807, 2.05) is 24.3 Å². The van der Waals surface area contributed by atoms with Crippen molar-refractivity contribution in [3.63, 3.8) is 0 Å². The molecule has 55 heavy (non-hydrogen) atoms. The minimum atomic E-state index is 0.582. The van der Waals surface area contributed by atoms with E-state index >= 15 is 0 Å². The van der Waals surface area contributed by atoms with Gasteiger partial charge in [0.15, 0.2) is 0 Å². The maximum Gasteiger partial charge on any atom is 0.0998 e. The highest BCUT2D eigenvalue weighted by molar-refractivity contribution is 6.17. The van der Waals surface area contributed by atoms with Gasteiger partial charge in [0.25, 0.3) is 0 Å². The number of nitriles is 2. The highest BCUT2D eigenvalue weighted by Gasteiger charge is 2.21. The van der Waals surface area contributed by atoms with Gasteiger partial charge in [0.1, 0.15) is 0 Å². The van der Waals surface area contributed by atoms with Crippen molar-refractivity contribution in [2.75, 3.05) is 0 Å². The molecule has 5 heteroatoms. The number of aromatic nitrogens is 3. The zero-order valence-electron chi connectivity index (χ0n) is 29.5. The number of rotatable bonds is 4. The molecule has 0 saturated heterocycles. The molecule has 0 saturated carbocycles. The largest absolute Gasteiger partial charge is 0.309 e. The Bertz CT molecular complexity index is 3360. The van der Waals surface area contributed by atoms with E-state index in [9.17, 15) is 10.5 Å². The summed E-state index contributed by atoms with van der Waals surface area (Å²) in [5, 5.41) is 27.5. The van der Waals surface area contributed by atoms with E-state index in [1.165, 1.54) is 21.5 Å². The summed E-state index contributed by atoms with van der Waals surface area (Å²) in [6.07, 6.45) is 0. The molecule has 0 aliphatic rings. The Balaban J connectivity index is 1.12. The van der Waals surface area contributed by atoms with Crippen molar-refractivity contribution in [1.29, 1.82) is 10.5 Å². The quantitative estimate of drug-likeness (QED) is 0.184. The van der Waals surface area contributed by atoms with E-state index in [0.717, 1.165) is 72.1 Å². The Kier molecular flexibility index (Phi) is 6.61. The van der Waals surface area contributed by atoms with Crippen LogP contribution in [0.15, 0.2) is 176 Å². The first-order chi connectivity index (χ1) is 27.2. The lowest BCUT2D eigenvalue weighted by atomic mass is 9.99. The van der Waals surface area contributed by atoms with Gasteiger partial charge in [0, 0.05) is 43.7 Å². The molecule has 0 aliphatic carbocycles. The van der Waals surface area contributed by atoms with Crippen LogP contribution in [-0.4, -0.2) is 13.7 Å². The third-order valence-electron chi connectivity index (χ3n) is 11.1. The zero-order valence-corrected chi connectivity index (χ0v) is 29.5. The molecule has 0 radical (unpaired) electrons. The Hall–Kier alpha value is -7.86. The van der Waals surface area contributed by atoms with Crippen molar-refractivity contribution in [2.24, 2.45) is 0 Å². The standard InChI is InChI=1S/C50H29N5/c51-30-32-23-26-47-42(27-32)50-48(21-10-22-49(50)55-45-19-7-3-15-40(45)41-16-4-8-20-46(41)55)54(47)36-24-25-37(34(29-36)31-52)33-11-9-12-35(28-33)53-43-17-5-1-13-38(43)39-14-2-6-18-44(39)53/h1-29H. The molecule has 0 aliphatic heterocycles. The van der Waals surface area contributed by atoms with Crippen molar-refractivity contribution in [1.82, 2.24) is 13.7 Å². The number of nitrogens with zero attached hydrogens (tertiary/aromatic N) is 5. The molecular formula is C50H29N5. The van der Waals surface area contributed by atoms with Crippen LogP contribution >= 0.6 is 0 Å². The first kappa shape index (κ1) is 30.7. The fraction of sp³-hybridized carbons (Fsp3) is 0. The summed E-state index contributed by atoms with van der Waals surface area (Å²) in [7, 11) is 0. The molecule has 8 aromatic carbocycles. The van der Waals surface area contributed by atoms with Crippen LogP contribution < -0.4 is 0 Å². The first-order valence-corrected chi connectivity index (χ1v) is 18.3. The molecule has 3 heterocycles. The molecule has 3 aromatic heterocycles. The molecule has 0 unspecified atom stereocenters. The molecule has 0 bridgehead atoms. The lowest BCUT2D eigenvalue weighted by Crippen LogP contribution is -1.98. The highest BCUT2D eigenvalue weighted by Crippen LogP contribution is 2.41. The van der Waals surface area contributed by atoms with Gasteiger partial charge < -0.3 is 13.7 Å². The maximum absolute atomic E-state index is 10.7. The van der Waals surface area contributed by atoms with Gasteiger partial charge >= 0.3 is 0 Å². The van der Waals surface area contributed by atoms with Gasteiger partial charge in [-0.2, -0.15) is 10.5 Å². The topological polar surface area (TPSA) is 62.4 Å². The number of para-hydroxylation sites is 4. The van der Waals surface area contributed by atoms with Crippen LogP contribution in [0, 0.1) is 22.7 Å². The van der Waals surface area contributed by atoms with E-state index in [0.29, 0.717) is 11.1 Å². The third-order valence-corrected chi connectivity index (χ3v) is 11.1. The smallest absolute Gasteiger partial charge is 0.0998 e. The summed E-state index contributed by atoms with van der Waals surface area (Å²) in [6, 6.07) is 65.8. The predicted octanol–water partition coefficient (Wildman–Crippen LogP) is 12.4. The van der Waals surface area contributed by atoms with Crippen molar-refractivity contribution in [2.45, 2.75) is 0 Å². The van der Waals surface area contributed by atoms with Crippen LogP contribution in [0.5, 0.6) is 0 Å². The van der Waals surface area contributed by atoms with E-state index in [1.54, 1.807) is 0 Å². The first-order valence-electron chi connectivity index (χ1n) is 18.3. The summed E-state index contributed by atoms with van der Waals surface area (Å²) >= 11 is 0. The molecule has 0 N–H and O–H groups in total. The Labute approximate surface area is 316 Å². The minimum Gasteiger partial charge on any atom is -0.309 e. The van der Waals surface area contributed by atoms with E-state index in [4.69, 9.17) is 0 Å².